The van der Waals surface area contributed by atoms with E-state index in [0.717, 1.165) is 0 Å². The monoisotopic (exact) mass is 167 g/mol. The van der Waals surface area contributed by atoms with E-state index in [1.165, 1.54) is 11.8 Å². The van der Waals surface area contributed by atoms with E-state index in [9.17, 15) is 4.79 Å². The normalized spacial score (nSPS) is 9.45. The highest BCUT2D eigenvalue weighted by Crippen LogP contribution is 2.06. The lowest BCUT2D eigenvalue weighted by atomic mass is 10.7. The molecule has 58 valence electrons. The number of rotatable bonds is 2. The molecule has 0 aliphatic heterocycles. The van der Waals surface area contributed by atoms with Gasteiger partial charge in [0.15, 0.2) is 0 Å². The average Bonchev–Trinajstić information content (AvgIpc) is 2.52. The van der Waals surface area contributed by atoms with Crippen LogP contribution in [0.25, 0.3) is 0 Å². The van der Waals surface area contributed by atoms with Gasteiger partial charge in [0.1, 0.15) is 0 Å². The van der Waals surface area contributed by atoms with E-state index < -0.39 is 0 Å². The number of hydrogen-bond donors (Lipinski definition) is 0. The minimum absolute atomic E-state index is 0.0369. The summed E-state index contributed by atoms with van der Waals surface area (Å²) in [7, 11) is 0. The molecule has 0 aliphatic carbocycles. The van der Waals surface area contributed by atoms with Crippen molar-refractivity contribution in [2.45, 2.75) is 0 Å². The summed E-state index contributed by atoms with van der Waals surface area (Å²) in [6.45, 7) is 3.53. The summed E-state index contributed by atoms with van der Waals surface area (Å²) in [4.78, 5) is 11.1. The minimum atomic E-state index is 0.0369. The maximum Gasteiger partial charge on any atom is 0.289 e. The molecule has 1 heterocycles. The SMILES string of the molecule is C=CCSC(=O)n1cccc1. The van der Waals surface area contributed by atoms with Gasteiger partial charge in [-0.3, -0.25) is 9.36 Å². The first kappa shape index (κ1) is 8.14. The lowest BCUT2D eigenvalue weighted by molar-refractivity contribution is 0.262. The third kappa shape index (κ3) is 2.27. The largest absolute Gasteiger partial charge is 0.289 e. The van der Waals surface area contributed by atoms with Gasteiger partial charge >= 0.3 is 0 Å². The molecule has 0 N–H and O–H groups in total. The maximum absolute atomic E-state index is 11.1. The summed E-state index contributed by atoms with van der Waals surface area (Å²) < 4.78 is 1.55. The Labute approximate surface area is 69.9 Å². The average molecular weight is 167 g/mol. The molecule has 0 amide bonds. The van der Waals surface area contributed by atoms with E-state index in [1.807, 2.05) is 12.1 Å². The zero-order valence-corrected chi connectivity index (χ0v) is 6.88. The second kappa shape index (κ2) is 4.03. The van der Waals surface area contributed by atoms with E-state index in [4.69, 9.17) is 0 Å². The van der Waals surface area contributed by atoms with Crippen LogP contribution in [0.4, 0.5) is 4.79 Å². The van der Waals surface area contributed by atoms with Crippen LogP contribution < -0.4 is 0 Å². The Kier molecular flexibility index (Phi) is 2.98. The topological polar surface area (TPSA) is 22.0 Å². The first-order valence-corrected chi connectivity index (χ1v) is 4.24. The fourth-order valence-corrected chi connectivity index (χ4v) is 1.19. The molecule has 0 saturated heterocycles. The van der Waals surface area contributed by atoms with Gasteiger partial charge in [0.25, 0.3) is 5.24 Å². The van der Waals surface area contributed by atoms with E-state index >= 15 is 0 Å². The lowest BCUT2D eigenvalue weighted by Crippen LogP contribution is -2.01. The van der Waals surface area contributed by atoms with Crippen molar-refractivity contribution in [3.05, 3.63) is 37.2 Å². The van der Waals surface area contributed by atoms with Crippen LogP contribution in [0, 0.1) is 0 Å². The number of carbonyl (C=O) groups is 1. The number of hydrogen-bond acceptors (Lipinski definition) is 2. The van der Waals surface area contributed by atoms with Crippen molar-refractivity contribution < 1.29 is 4.79 Å². The molecule has 0 fully saturated rings. The van der Waals surface area contributed by atoms with E-state index in [2.05, 4.69) is 6.58 Å². The second-order valence-electron chi connectivity index (χ2n) is 1.96. The number of carbonyl (C=O) groups excluding carboxylic acids is 1. The van der Waals surface area contributed by atoms with Gasteiger partial charge < -0.3 is 0 Å². The predicted octanol–water partition coefficient (Wildman–Crippen LogP) is 2.38. The van der Waals surface area contributed by atoms with Gasteiger partial charge in [0.2, 0.25) is 0 Å². The Balaban J connectivity index is 2.49. The molecule has 1 rings (SSSR count). The standard InChI is InChI=1S/C8H9NOS/c1-2-7-11-8(10)9-5-3-4-6-9/h2-6H,1,7H2. The zero-order valence-electron chi connectivity index (χ0n) is 6.06. The van der Waals surface area contributed by atoms with E-state index in [-0.39, 0.29) is 5.24 Å². The quantitative estimate of drug-likeness (QED) is 0.631. The van der Waals surface area contributed by atoms with E-state index in [1.54, 1.807) is 23.0 Å². The highest BCUT2D eigenvalue weighted by atomic mass is 32.2. The molecule has 0 radical (unpaired) electrons. The molecule has 0 aromatic carbocycles. The Bertz CT molecular complexity index is 241. The minimum Gasteiger partial charge on any atom is -0.286 e. The third-order valence-corrected chi connectivity index (χ3v) is 2.00. The van der Waals surface area contributed by atoms with Crippen molar-refractivity contribution in [3.8, 4) is 0 Å². The molecule has 1 aromatic rings. The Morgan fingerprint density at radius 3 is 2.73 bits per heavy atom. The molecular weight excluding hydrogens is 158 g/mol. The molecule has 11 heavy (non-hydrogen) atoms. The lowest BCUT2D eigenvalue weighted by Gasteiger charge is -1.96. The summed E-state index contributed by atoms with van der Waals surface area (Å²) in [5.41, 5.74) is 0. The van der Waals surface area contributed by atoms with Gasteiger partial charge in [-0.2, -0.15) is 0 Å². The van der Waals surface area contributed by atoms with Crippen molar-refractivity contribution in [3.63, 3.8) is 0 Å². The van der Waals surface area contributed by atoms with Crippen LogP contribution in [0.5, 0.6) is 0 Å². The molecule has 1 aromatic heterocycles. The molecule has 0 atom stereocenters. The summed E-state index contributed by atoms with van der Waals surface area (Å²) >= 11 is 1.24. The van der Waals surface area contributed by atoms with Gasteiger partial charge in [-0.25, -0.2) is 0 Å². The van der Waals surface area contributed by atoms with Crippen LogP contribution in [0.2, 0.25) is 0 Å². The smallest absolute Gasteiger partial charge is 0.286 e. The van der Waals surface area contributed by atoms with Gasteiger partial charge in [-0.1, -0.05) is 17.8 Å². The van der Waals surface area contributed by atoms with Crippen molar-refractivity contribution in [1.82, 2.24) is 4.57 Å². The van der Waals surface area contributed by atoms with Gasteiger partial charge in [0, 0.05) is 18.1 Å². The third-order valence-electron chi connectivity index (χ3n) is 1.14. The number of nitrogens with zero attached hydrogens (tertiary/aromatic N) is 1. The first-order valence-electron chi connectivity index (χ1n) is 3.25. The van der Waals surface area contributed by atoms with Crippen molar-refractivity contribution in [1.29, 1.82) is 0 Å². The van der Waals surface area contributed by atoms with Crippen LogP contribution in [-0.2, 0) is 0 Å². The summed E-state index contributed by atoms with van der Waals surface area (Å²) in [5, 5.41) is 0.0369. The fraction of sp³-hybridized carbons (Fsp3) is 0.125. The highest BCUT2D eigenvalue weighted by Gasteiger charge is 2.00. The van der Waals surface area contributed by atoms with Crippen molar-refractivity contribution in [2.75, 3.05) is 5.75 Å². The van der Waals surface area contributed by atoms with Gasteiger partial charge in [0.05, 0.1) is 0 Å². The Morgan fingerprint density at radius 1 is 1.55 bits per heavy atom. The summed E-state index contributed by atoms with van der Waals surface area (Å²) in [6, 6.07) is 3.65. The molecule has 0 unspecified atom stereocenters. The number of aromatic nitrogens is 1. The van der Waals surface area contributed by atoms with Crippen molar-refractivity contribution in [2.24, 2.45) is 0 Å². The fourth-order valence-electron chi connectivity index (χ4n) is 0.661. The van der Waals surface area contributed by atoms with Crippen molar-refractivity contribution >= 4 is 17.0 Å². The van der Waals surface area contributed by atoms with Crippen LogP contribution >= 0.6 is 11.8 Å². The molecule has 3 heteroatoms. The molecule has 0 aliphatic rings. The molecule has 0 saturated carbocycles. The van der Waals surface area contributed by atoms with E-state index in [0.29, 0.717) is 5.75 Å². The summed E-state index contributed by atoms with van der Waals surface area (Å²) in [6.07, 6.45) is 5.18. The Morgan fingerprint density at radius 2 is 2.18 bits per heavy atom. The van der Waals surface area contributed by atoms with Crippen LogP contribution in [0.15, 0.2) is 37.2 Å². The second-order valence-corrected chi connectivity index (χ2v) is 2.93. The van der Waals surface area contributed by atoms with Gasteiger partial charge in [-0.15, -0.1) is 6.58 Å². The maximum atomic E-state index is 11.1. The zero-order chi connectivity index (χ0) is 8.10. The Hall–Kier alpha value is -0.960. The molecule has 0 bridgehead atoms. The van der Waals surface area contributed by atoms with Crippen LogP contribution in [0.3, 0.4) is 0 Å². The van der Waals surface area contributed by atoms with Gasteiger partial charge in [-0.05, 0) is 12.1 Å². The molecule has 0 spiro atoms. The van der Waals surface area contributed by atoms with Crippen LogP contribution in [-0.4, -0.2) is 15.6 Å². The first-order chi connectivity index (χ1) is 5.34. The molecule has 2 nitrogen and oxygen atoms in total. The summed E-state index contributed by atoms with van der Waals surface area (Å²) in [5.74, 6) is 0.664. The number of thioether (sulfide) groups is 1. The molecular formula is C8H9NOS. The highest BCUT2D eigenvalue weighted by molar-refractivity contribution is 8.13. The predicted molar refractivity (Wildman–Crippen MR) is 47.9 cm³/mol. The van der Waals surface area contributed by atoms with Crippen LogP contribution in [0.1, 0.15) is 0 Å².